The summed E-state index contributed by atoms with van der Waals surface area (Å²) in [5.41, 5.74) is 1.38. The molecule has 0 saturated carbocycles. The molecule has 18 heavy (non-hydrogen) atoms. The third-order valence-electron chi connectivity index (χ3n) is 3.51. The number of anilines is 1. The van der Waals surface area contributed by atoms with Crippen molar-refractivity contribution in [2.75, 3.05) is 31.6 Å². The predicted octanol–water partition coefficient (Wildman–Crippen LogP) is 2.29. The van der Waals surface area contributed by atoms with Crippen LogP contribution in [0.15, 0.2) is 22.7 Å². The number of piperazine rings is 1. The fourth-order valence-corrected chi connectivity index (χ4v) is 2.69. The number of benzene rings is 1. The Balaban J connectivity index is 2.19. The van der Waals surface area contributed by atoms with Crippen molar-refractivity contribution >= 4 is 27.6 Å². The average Bonchev–Trinajstić information content (AvgIpc) is 2.32. The maximum Gasteiger partial charge on any atom is 0.336 e. The van der Waals surface area contributed by atoms with Gasteiger partial charge in [0.15, 0.2) is 0 Å². The molecule has 1 aliphatic heterocycles. The molecule has 1 unspecified atom stereocenters. The maximum atomic E-state index is 11.0. The Hall–Kier alpha value is -1.07. The first-order valence-electron chi connectivity index (χ1n) is 5.97. The van der Waals surface area contributed by atoms with E-state index in [-0.39, 0.29) is 0 Å². The van der Waals surface area contributed by atoms with Gasteiger partial charge in [0.2, 0.25) is 0 Å². The van der Waals surface area contributed by atoms with Crippen molar-refractivity contribution in [2.24, 2.45) is 0 Å². The van der Waals surface area contributed by atoms with Gasteiger partial charge in [-0.3, -0.25) is 0 Å². The second-order valence-corrected chi connectivity index (χ2v) is 5.60. The third-order valence-corrected chi connectivity index (χ3v) is 4.16. The van der Waals surface area contributed by atoms with E-state index < -0.39 is 5.97 Å². The largest absolute Gasteiger partial charge is 0.478 e. The van der Waals surface area contributed by atoms with Gasteiger partial charge in [0, 0.05) is 35.8 Å². The highest BCUT2D eigenvalue weighted by molar-refractivity contribution is 9.10. The van der Waals surface area contributed by atoms with Crippen LogP contribution in [0.25, 0.3) is 0 Å². The molecule has 0 bridgehead atoms. The van der Waals surface area contributed by atoms with E-state index in [1.54, 1.807) is 6.07 Å². The molecule has 98 valence electrons. The summed E-state index contributed by atoms with van der Waals surface area (Å²) in [6.07, 6.45) is 0. The van der Waals surface area contributed by atoms with E-state index in [1.165, 1.54) is 0 Å². The molecule has 4 nitrogen and oxygen atoms in total. The fourth-order valence-electron chi connectivity index (χ4n) is 2.16. The van der Waals surface area contributed by atoms with Crippen LogP contribution in [0.5, 0.6) is 0 Å². The van der Waals surface area contributed by atoms with Gasteiger partial charge in [-0.2, -0.15) is 0 Å². The Morgan fingerprint density at radius 2 is 2.17 bits per heavy atom. The SMILES string of the molecule is CC1CN(c2ccc(C(=O)O)c(Br)c2)CCN1C. The number of carbonyl (C=O) groups is 1. The molecule has 1 N–H and O–H groups in total. The normalized spacial score (nSPS) is 21.1. The van der Waals surface area contributed by atoms with Crippen molar-refractivity contribution in [3.05, 3.63) is 28.2 Å². The van der Waals surface area contributed by atoms with E-state index >= 15 is 0 Å². The summed E-state index contributed by atoms with van der Waals surface area (Å²) >= 11 is 3.32. The molecule has 1 heterocycles. The Bertz CT molecular complexity index is 464. The number of carboxylic acid groups (broad SMARTS) is 1. The molecule has 0 aliphatic carbocycles. The van der Waals surface area contributed by atoms with Crippen LogP contribution in [-0.4, -0.2) is 48.7 Å². The average molecular weight is 313 g/mol. The summed E-state index contributed by atoms with van der Waals surface area (Å²) in [6, 6.07) is 5.94. The van der Waals surface area contributed by atoms with E-state index in [0.717, 1.165) is 25.3 Å². The highest BCUT2D eigenvalue weighted by Gasteiger charge is 2.21. The highest BCUT2D eigenvalue weighted by Crippen LogP contribution is 2.25. The number of hydrogen-bond donors (Lipinski definition) is 1. The Morgan fingerprint density at radius 3 is 2.72 bits per heavy atom. The summed E-state index contributed by atoms with van der Waals surface area (Å²) in [7, 11) is 2.13. The van der Waals surface area contributed by atoms with Gasteiger partial charge in [0.25, 0.3) is 0 Å². The van der Waals surface area contributed by atoms with Crippen molar-refractivity contribution < 1.29 is 9.90 Å². The van der Waals surface area contributed by atoms with E-state index in [4.69, 9.17) is 5.11 Å². The smallest absolute Gasteiger partial charge is 0.336 e. The first-order chi connectivity index (χ1) is 8.49. The number of rotatable bonds is 2. The highest BCUT2D eigenvalue weighted by atomic mass is 79.9. The number of hydrogen-bond acceptors (Lipinski definition) is 3. The second kappa shape index (κ2) is 5.28. The van der Waals surface area contributed by atoms with E-state index in [9.17, 15) is 4.79 Å². The van der Waals surface area contributed by atoms with Gasteiger partial charge in [-0.15, -0.1) is 0 Å². The molecule has 0 radical (unpaired) electrons. The Morgan fingerprint density at radius 1 is 1.44 bits per heavy atom. The lowest BCUT2D eigenvalue weighted by atomic mass is 10.1. The monoisotopic (exact) mass is 312 g/mol. The zero-order valence-corrected chi connectivity index (χ0v) is 12.1. The second-order valence-electron chi connectivity index (χ2n) is 4.74. The van der Waals surface area contributed by atoms with Gasteiger partial charge in [-0.1, -0.05) is 0 Å². The molecule has 0 spiro atoms. The number of likely N-dealkylation sites (N-methyl/N-ethyl adjacent to an activating group) is 1. The number of nitrogens with zero attached hydrogens (tertiary/aromatic N) is 2. The van der Waals surface area contributed by atoms with Crippen molar-refractivity contribution in [3.8, 4) is 0 Å². The zero-order chi connectivity index (χ0) is 13.3. The molecule has 0 aromatic heterocycles. The number of halogens is 1. The van der Waals surface area contributed by atoms with E-state index in [2.05, 4.69) is 39.7 Å². The molecule has 1 atom stereocenters. The summed E-state index contributed by atoms with van der Waals surface area (Å²) in [5, 5.41) is 8.99. The summed E-state index contributed by atoms with van der Waals surface area (Å²) in [4.78, 5) is 15.6. The zero-order valence-electron chi connectivity index (χ0n) is 10.6. The van der Waals surface area contributed by atoms with E-state index in [1.807, 2.05) is 12.1 Å². The molecule has 0 amide bonds. The van der Waals surface area contributed by atoms with Gasteiger partial charge in [0.1, 0.15) is 0 Å². The van der Waals surface area contributed by atoms with Crippen LogP contribution in [0.4, 0.5) is 5.69 Å². The molecule has 1 saturated heterocycles. The Labute approximate surface area is 115 Å². The topological polar surface area (TPSA) is 43.8 Å². The minimum atomic E-state index is -0.903. The fraction of sp³-hybridized carbons (Fsp3) is 0.462. The predicted molar refractivity (Wildman–Crippen MR) is 75.4 cm³/mol. The first-order valence-corrected chi connectivity index (χ1v) is 6.76. The third kappa shape index (κ3) is 2.67. The Kier molecular flexibility index (Phi) is 3.92. The van der Waals surface area contributed by atoms with Crippen molar-refractivity contribution in [2.45, 2.75) is 13.0 Å². The summed E-state index contributed by atoms with van der Waals surface area (Å²) in [5.74, 6) is -0.903. The molecule has 1 aliphatic rings. The van der Waals surface area contributed by atoms with Crippen LogP contribution in [0.3, 0.4) is 0 Å². The molecule has 5 heteroatoms. The molecule has 1 fully saturated rings. The standard InChI is InChI=1S/C13H17BrN2O2/c1-9-8-16(6-5-15(9)2)10-3-4-11(13(17)18)12(14)7-10/h3-4,7,9H,5-6,8H2,1-2H3,(H,17,18). The van der Waals surface area contributed by atoms with Crippen molar-refractivity contribution in [1.29, 1.82) is 0 Å². The molecular formula is C13H17BrN2O2. The van der Waals surface area contributed by atoms with Gasteiger partial charge in [-0.25, -0.2) is 4.79 Å². The lowest BCUT2D eigenvalue weighted by Crippen LogP contribution is -2.50. The lowest BCUT2D eigenvalue weighted by molar-refractivity contribution is 0.0696. The maximum absolute atomic E-state index is 11.0. The van der Waals surface area contributed by atoms with Crippen LogP contribution >= 0.6 is 15.9 Å². The lowest BCUT2D eigenvalue weighted by Gasteiger charge is -2.39. The molecule has 1 aromatic carbocycles. The van der Waals surface area contributed by atoms with Crippen LogP contribution in [0.2, 0.25) is 0 Å². The summed E-state index contributed by atoms with van der Waals surface area (Å²) < 4.78 is 0.638. The van der Waals surface area contributed by atoms with Gasteiger partial charge in [-0.05, 0) is 48.1 Å². The van der Waals surface area contributed by atoms with Gasteiger partial charge >= 0.3 is 5.97 Å². The number of aromatic carboxylic acids is 1. The molecular weight excluding hydrogens is 296 g/mol. The summed E-state index contributed by atoms with van der Waals surface area (Å²) in [6.45, 7) is 5.17. The van der Waals surface area contributed by atoms with Crippen LogP contribution in [0.1, 0.15) is 17.3 Å². The van der Waals surface area contributed by atoms with Crippen LogP contribution < -0.4 is 4.90 Å². The van der Waals surface area contributed by atoms with Gasteiger partial charge < -0.3 is 14.9 Å². The number of carboxylic acids is 1. The van der Waals surface area contributed by atoms with Crippen LogP contribution in [0, 0.1) is 0 Å². The molecule has 1 aromatic rings. The van der Waals surface area contributed by atoms with E-state index in [0.29, 0.717) is 16.1 Å². The minimum absolute atomic E-state index is 0.306. The minimum Gasteiger partial charge on any atom is -0.478 e. The van der Waals surface area contributed by atoms with Gasteiger partial charge in [0.05, 0.1) is 5.56 Å². The quantitative estimate of drug-likeness (QED) is 0.910. The molecule has 2 rings (SSSR count). The first kappa shape index (κ1) is 13.4. The van der Waals surface area contributed by atoms with Crippen molar-refractivity contribution in [1.82, 2.24) is 4.90 Å². The van der Waals surface area contributed by atoms with Crippen molar-refractivity contribution in [3.63, 3.8) is 0 Å². The van der Waals surface area contributed by atoms with Crippen LogP contribution in [-0.2, 0) is 0 Å².